The molecule has 2 heterocycles. The van der Waals surface area contributed by atoms with Crippen molar-refractivity contribution in [1.29, 1.82) is 0 Å². The zero-order valence-corrected chi connectivity index (χ0v) is 18.0. The largest absolute Gasteiger partial charge is 0.325 e. The van der Waals surface area contributed by atoms with Crippen molar-refractivity contribution in [3.8, 4) is 16.4 Å². The van der Waals surface area contributed by atoms with Gasteiger partial charge in [-0.2, -0.15) is 0 Å². The maximum absolute atomic E-state index is 12.7. The monoisotopic (exact) mass is 451 g/mol. The molecule has 156 valence electrons. The number of hydrogen-bond donors (Lipinski definition) is 1. The fourth-order valence-corrected chi connectivity index (χ4v) is 4.44. The van der Waals surface area contributed by atoms with E-state index in [2.05, 4.69) is 15.5 Å². The lowest BCUT2D eigenvalue weighted by Crippen LogP contribution is -2.23. The van der Waals surface area contributed by atoms with E-state index < -0.39 is 10.2 Å². The van der Waals surface area contributed by atoms with Gasteiger partial charge in [0.2, 0.25) is 5.91 Å². The Hall–Kier alpha value is -3.50. The minimum atomic E-state index is -0.512. The Balaban J connectivity index is 1.58. The third-order valence-corrected chi connectivity index (χ3v) is 6.27. The van der Waals surface area contributed by atoms with Crippen LogP contribution in [0, 0.1) is 10.1 Å². The van der Waals surface area contributed by atoms with Crippen LogP contribution >= 0.6 is 23.1 Å². The van der Waals surface area contributed by atoms with Crippen LogP contribution in [-0.2, 0) is 4.79 Å². The molecule has 2 aromatic heterocycles. The van der Waals surface area contributed by atoms with Gasteiger partial charge in [0.1, 0.15) is 0 Å². The maximum Gasteiger partial charge on any atom is 0.271 e. The van der Waals surface area contributed by atoms with Crippen molar-refractivity contribution >= 4 is 40.4 Å². The van der Waals surface area contributed by atoms with E-state index in [9.17, 15) is 14.9 Å². The van der Waals surface area contributed by atoms with Gasteiger partial charge in [-0.05, 0) is 36.6 Å². The maximum atomic E-state index is 12.7. The summed E-state index contributed by atoms with van der Waals surface area (Å²) in [6.45, 7) is 1.76. The molecular weight excluding hydrogens is 434 g/mol. The van der Waals surface area contributed by atoms with Crippen LogP contribution in [0.5, 0.6) is 0 Å². The van der Waals surface area contributed by atoms with Crippen LogP contribution in [0.4, 0.5) is 11.4 Å². The predicted octanol–water partition coefficient (Wildman–Crippen LogP) is 5.02. The van der Waals surface area contributed by atoms with E-state index in [1.807, 2.05) is 52.4 Å². The number of carbonyl (C=O) groups excluding carboxylic acids is 1. The first kappa shape index (κ1) is 20.8. The fraction of sp³-hybridized carbons (Fsp3) is 0.0952. The van der Waals surface area contributed by atoms with Gasteiger partial charge < -0.3 is 5.32 Å². The van der Waals surface area contributed by atoms with Gasteiger partial charge >= 0.3 is 0 Å². The standard InChI is InChI=1S/C21H17N5O3S2/c1-14(20(27)22-15-7-5-10-17(13-15)26(28)29)31-21-24-23-19(18-11-6-12-30-18)25(21)16-8-3-2-4-9-16/h2-14H,1H3,(H,22,27). The summed E-state index contributed by atoms with van der Waals surface area (Å²) in [5, 5.41) is 24.4. The summed E-state index contributed by atoms with van der Waals surface area (Å²) < 4.78 is 1.92. The number of nitro benzene ring substituents is 1. The molecule has 0 aliphatic heterocycles. The van der Waals surface area contributed by atoms with E-state index in [-0.39, 0.29) is 11.6 Å². The average Bonchev–Trinajstić information content (AvgIpc) is 3.44. The average molecular weight is 452 g/mol. The number of rotatable bonds is 7. The van der Waals surface area contributed by atoms with Crippen LogP contribution in [0.1, 0.15) is 6.92 Å². The number of nitro groups is 1. The summed E-state index contributed by atoms with van der Waals surface area (Å²) in [6.07, 6.45) is 0. The number of amides is 1. The molecule has 1 atom stereocenters. The Labute approximate surface area is 186 Å². The molecule has 0 bridgehead atoms. The molecule has 31 heavy (non-hydrogen) atoms. The smallest absolute Gasteiger partial charge is 0.271 e. The number of carbonyl (C=O) groups is 1. The number of nitrogens with one attached hydrogen (secondary N) is 1. The lowest BCUT2D eigenvalue weighted by molar-refractivity contribution is -0.384. The third kappa shape index (κ3) is 4.65. The van der Waals surface area contributed by atoms with E-state index in [0.717, 1.165) is 10.6 Å². The molecule has 1 unspecified atom stereocenters. The molecule has 0 fully saturated rings. The number of hydrogen-bond acceptors (Lipinski definition) is 7. The van der Waals surface area contributed by atoms with Gasteiger partial charge in [-0.25, -0.2) is 0 Å². The molecule has 1 N–H and O–H groups in total. The number of para-hydroxylation sites is 1. The molecule has 0 saturated heterocycles. The lowest BCUT2D eigenvalue weighted by atomic mass is 10.2. The first-order valence-corrected chi connectivity index (χ1v) is 11.1. The highest BCUT2D eigenvalue weighted by Crippen LogP contribution is 2.32. The minimum absolute atomic E-state index is 0.0810. The quantitative estimate of drug-likeness (QED) is 0.240. The fourth-order valence-electron chi connectivity index (χ4n) is 2.87. The van der Waals surface area contributed by atoms with Crippen molar-refractivity contribution in [2.24, 2.45) is 0 Å². The summed E-state index contributed by atoms with van der Waals surface area (Å²) in [5.41, 5.74) is 1.18. The molecule has 0 saturated carbocycles. The van der Waals surface area contributed by atoms with Gasteiger partial charge in [0.25, 0.3) is 5.69 Å². The molecule has 10 heteroatoms. The van der Waals surface area contributed by atoms with Crippen molar-refractivity contribution in [2.45, 2.75) is 17.3 Å². The van der Waals surface area contributed by atoms with Crippen molar-refractivity contribution < 1.29 is 9.72 Å². The molecule has 2 aromatic carbocycles. The lowest BCUT2D eigenvalue weighted by Gasteiger charge is -2.13. The van der Waals surface area contributed by atoms with E-state index in [1.165, 1.54) is 30.0 Å². The predicted molar refractivity (Wildman–Crippen MR) is 122 cm³/mol. The molecule has 4 rings (SSSR count). The van der Waals surface area contributed by atoms with Gasteiger partial charge in [0.05, 0.1) is 15.1 Å². The Kier molecular flexibility index (Phi) is 6.10. The van der Waals surface area contributed by atoms with Gasteiger partial charge in [0.15, 0.2) is 11.0 Å². The second-order valence-electron chi connectivity index (χ2n) is 6.51. The zero-order chi connectivity index (χ0) is 21.8. The molecule has 0 aliphatic carbocycles. The number of thioether (sulfide) groups is 1. The van der Waals surface area contributed by atoms with Crippen LogP contribution in [0.15, 0.2) is 77.3 Å². The number of non-ortho nitro benzene ring substituents is 1. The molecular formula is C21H17N5O3S2. The van der Waals surface area contributed by atoms with Crippen LogP contribution in [0.25, 0.3) is 16.4 Å². The summed E-state index contributed by atoms with van der Waals surface area (Å²) in [5.74, 6) is 0.417. The number of benzene rings is 2. The van der Waals surface area contributed by atoms with Gasteiger partial charge in [-0.3, -0.25) is 19.5 Å². The van der Waals surface area contributed by atoms with Gasteiger partial charge in [0, 0.05) is 23.5 Å². The summed E-state index contributed by atoms with van der Waals surface area (Å²) in [6, 6.07) is 19.5. The number of thiophene rings is 1. The zero-order valence-electron chi connectivity index (χ0n) is 16.3. The van der Waals surface area contributed by atoms with Crippen LogP contribution in [0.2, 0.25) is 0 Å². The topological polar surface area (TPSA) is 103 Å². The summed E-state index contributed by atoms with van der Waals surface area (Å²) in [4.78, 5) is 24.2. The van der Waals surface area contributed by atoms with Crippen molar-refractivity contribution in [1.82, 2.24) is 14.8 Å². The summed E-state index contributed by atoms with van der Waals surface area (Å²) >= 11 is 2.83. The van der Waals surface area contributed by atoms with Crippen LogP contribution < -0.4 is 5.32 Å². The highest BCUT2D eigenvalue weighted by atomic mass is 32.2. The van der Waals surface area contributed by atoms with Crippen molar-refractivity contribution in [2.75, 3.05) is 5.32 Å². The molecule has 1 amide bonds. The third-order valence-electron chi connectivity index (χ3n) is 4.37. The van der Waals surface area contributed by atoms with Crippen LogP contribution in [-0.4, -0.2) is 30.8 Å². The molecule has 4 aromatic rings. The number of aromatic nitrogens is 3. The molecule has 0 aliphatic rings. The van der Waals surface area contributed by atoms with Gasteiger partial charge in [-0.15, -0.1) is 21.5 Å². The highest BCUT2D eigenvalue weighted by Gasteiger charge is 2.22. The van der Waals surface area contributed by atoms with Crippen molar-refractivity contribution in [3.05, 3.63) is 82.2 Å². The Bertz CT molecular complexity index is 1210. The molecule has 0 radical (unpaired) electrons. The second-order valence-corrected chi connectivity index (χ2v) is 8.77. The highest BCUT2D eigenvalue weighted by molar-refractivity contribution is 8.00. The van der Waals surface area contributed by atoms with Crippen molar-refractivity contribution in [3.63, 3.8) is 0 Å². The normalized spacial score (nSPS) is 11.8. The Morgan fingerprint density at radius 3 is 2.65 bits per heavy atom. The van der Waals surface area contributed by atoms with Gasteiger partial charge in [-0.1, -0.05) is 42.1 Å². The number of nitrogens with zero attached hydrogens (tertiary/aromatic N) is 4. The SMILES string of the molecule is CC(Sc1nnc(-c2cccs2)n1-c1ccccc1)C(=O)Nc1cccc([N+](=O)[O-])c1. The van der Waals surface area contributed by atoms with E-state index in [1.54, 1.807) is 24.3 Å². The van der Waals surface area contributed by atoms with Crippen LogP contribution in [0.3, 0.4) is 0 Å². The number of anilines is 1. The molecule has 8 nitrogen and oxygen atoms in total. The second kappa shape index (κ2) is 9.11. The van der Waals surface area contributed by atoms with E-state index in [0.29, 0.717) is 16.7 Å². The Morgan fingerprint density at radius 1 is 1.13 bits per heavy atom. The van der Waals surface area contributed by atoms with E-state index in [4.69, 9.17) is 0 Å². The summed E-state index contributed by atoms with van der Waals surface area (Å²) in [7, 11) is 0. The minimum Gasteiger partial charge on any atom is -0.325 e. The first-order chi connectivity index (χ1) is 15.0. The van der Waals surface area contributed by atoms with E-state index >= 15 is 0 Å². The first-order valence-electron chi connectivity index (χ1n) is 9.29. The Morgan fingerprint density at radius 2 is 1.94 bits per heavy atom. The molecule has 0 spiro atoms.